The van der Waals surface area contributed by atoms with E-state index in [0.29, 0.717) is 11.8 Å². The van der Waals surface area contributed by atoms with E-state index in [1.54, 1.807) is 0 Å². The fourth-order valence-corrected chi connectivity index (χ4v) is 5.44. The molecule has 5 aliphatic rings. The summed E-state index contributed by atoms with van der Waals surface area (Å²) in [6.07, 6.45) is 5.22. The summed E-state index contributed by atoms with van der Waals surface area (Å²) >= 11 is 5.76. The van der Waals surface area contributed by atoms with Crippen molar-refractivity contribution in [3.63, 3.8) is 0 Å². The van der Waals surface area contributed by atoms with Crippen molar-refractivity contribution in [3.8, 4) is 0 Å². The zero-order valence-corrected chi connectivity index (χ0v) is 15.3. The predicted molar refractivity (Wildman–Crippen MR) is 98.2 cm³/mol. The minimum Gasteiger partial charge on any atom is -0.324 e. The van der Waals surface area contributed by atoms with E-state index in [1.807, 2.05) is 0 Å². The number of nitrogens with one attached hydrogen (secondary N) is 1. The van der Waals surface area contributed by atoms with Crippen molar-refractivity contribution in [1.29, 1.82) is 0 Å². The first-order valence-corrected chi connectivity index (χ1v) is 9.52. The van der Waals surface area contributed by atoms with Crippen LogP contribution in [0.5, 0.6) is 0 Å². The fraction of sp³-hybridized carbons (Fsp3) is 0.421. The van der Waals surface area contributed by atoms with E-state index in [2.05, 4.69) is 17.5 Å². The molecule has 3 amide bonds. The van der Waals surface area contributed by atoms with Crippen LogP contribution >= 0.6 is 11.6 Å². The van der Waals surface area contributed by atoms with Gasteiger partial charge in [0.2, 0.25) is 17.7 Å². The summed E-state index contributed by atoms with van der Waals surface area (Å²) < 4.78 is 0. The minimum absolute atomic E-state index is 0.0430. The molecule has 144 valence electrons. The maximum Gasteiger partial charge on any atom is 0.289 e. The number of hydrogen-bond donors (Lipinski definition) is 1. The van der Waals surface area contributed by atoms with Gasteiger partial charge in [0.05, 0.1) is 16.8 Å². The summed E-state index contributed by atoms with van der Waals surface area (Å²) in [5.74, 6) is -0.651. The molecule has 3 fully saturated rings. The quantitative estimate of drug-likeness (QED) is 0.360. The predicted octanol–water partition coefficient (Wildman–Crippen LogP) is 2.24. The second-order valence-corrected chi connectivity index (χ2v) is 8.30. The van der Waals surface area contributed by atoms with E-state index in [-0.39, 0.29) is 51.9 Å². The molecule has 1 aromatic rings. The Kier molecular flexibility index (Phi) is 3.64. The first kappa shape index (κ1) is 17.4. The molecular formula is C19H16ClN3O5. The van der Waals surface area contributed by atoms with Crippen LogP contribution in [0.15, 0.2) is 30.4 Å². The van der Waals surface area contributed by atoms with Gasteiger partial charge in [0, 0.05) is 11.8 Å². The topological polar surface area (TPSA) is 110 Å². The van der Waals surface area contributed by atoms with Gasteiger partial charge in [-0.1, -0.05) is 23.8 Å². The number of carbonyl (C=O) groups excluding carboxylic acids is 3. The number of amides is 3. The molecule has 1 aliphatic heterocycles. The molecule has 0 aromatic heterocycles. The largest absolute Gasteiger partial charge is 0.324 e. The van der Waals surface area contributed by atoms with Gasteiger partial charge in [-0.2, -0.15) is 0 Å². The van der Waals surface area contributed by atoms with E-state index in [4.69, 9.17) is 11.6 Å². The Labute approximate surface area is 164 Å². The number of anilines is 1. The number of nitro benzene ring substituents is 1. The number of likely N-dealkylation sites (tertiary alicyclic amines) is 1. The summed E-state index contributed by atoms with van der Waals surface area (Å²) in [5.41, 5.74) is -0.152. The Hall–Kier alpha value is -2.74. The van der Waals surface area contributed by atoms with Crippen molar-refractivity contribution in [2.75, 3.05) is 11.9 Å². The number of nitro groups is 1. The lowest BCUT2D eigenvalue weighted by Gasteiger charge is -2.37. The van der Waals surface area contributed by atoms with Crippen molar-refractivity contribution in [2.45, 2.75) is 6.42 Å². The van der Waals surface area contributed by atoms with Gasteiger partial charge in [0.25, 0.3) is 5.69 Å². The standard InChI is InChI=1S/C19H16ClN3O5/c20-13-4-1-8(5-14(13)23(27)28)21-15(24)7-22-18(25)16-9-2-3-10(12-6-11(9)12)17(16)19(22)26/h1-5,9-12,16-17H,6-7H2,(H,21,24)/t9-,10-,11-,12+,16+,17+/m0/s1. The first-order valence-electron chi connectivity index (χ1n) is 9.14. The number of hydrogen-bond acceptors (Lipinski definition) is 5. The molecule has 1 aromatic carbocycles. The van der Waals surface area contributed by atoms with Crippen molar-refractivity contribution in [3.05, 3.63) is 45.5 Å². The van der Waals surface area contributed by atoms with Gasteiger partial charge < -0.3 is 5.32 Å². The molecule has 1 N–H and O–H groups in total. The SMILES string of the molecule is O=C(CN1C(=O)[C@@H]2[C@H]3C=C[C@@H]([C@@H]4C[C@H]34)[C@H]2C1=O)Nc1ccc(Cl)c([N+](=O)[O-])c1. The highest BCUT2D eigenvalue weighted by Crippen LogP contribution is 2.65. The number of halogens is 1. The molecule has 4 aliphatic carbocycles. The van der Waals surface area contributed by atoms with Gasteiger partial charge in [0.1, 0.15) is 11.6 Å². The number of carbonyl (C=O) groups is 3. The number of rotatable bonds is 4. The van der Waals surface area contributed by atoms with Crippen molar-refractivity contribution in [2.24, 2.45) is 35.5 Å². The first-order chi connectivity index (χ1) is 13.4. The summed E-state index contributed by atoms with van der Waals surface area (Å²) in [6, 6.07) is 3.88. The fourth-order valence-electron chi connectivity index (χ4n) is 5.25. The molecule has 1 saturated heterocycles. The van der Waals surface area contributed by atoms with Crippen molar-refractivity contribution in [1.82, 2.24) is 4.90 Å². The molecule has 8 nitrogen and oxygen atoms in total. The van der Waals surface area contributed by atoms with Crippen LogP contribution in [0.1, 0.15) is 6.42 Å². The number of allylic oxidation sites excluding steroid dienone is 2. The van der Waals surface area contributed by atoms with Gasteiger partial charge in [-0.3, -0.25) is 29.4 Å². The Balaban J connectivity index is 1.31. The van der Waals surface area contributed by atoms with Gasteiger partial charge in [-0.15, -0.1) is 0 Å². The van der Waals surface area contributed by atoms with E-state index in [9.17, 15) is 24.5 Å². The highest BCUT2D eigenvalue weighted by Gasteiger charge is 2.67. The maximum absolute atomic E-state index is 12.9. The summed E-state index contributed by atoms with van der Waals surface area (Å²) in [5, 5.41) is 13.4. The molecule has 0 unspecified atom stereocenters. The molecular weight excluding hydrogens is 386 g/mol. The third kappa shape index (κ3) is 2.40. The summed E-state index contributed by atoms with van der Waals surface area (Å²) in [6.45, 7) is -0.393. The molecule has 0 radical (unpaired) electrons. The Morgan fingerprint density at radius 2 is 1.79 bits per heavy atom. The Morgan fingerprint density at radius 1 is 1.18 bits per heavy atom. The smallest absolute Gasteiger partial charge is 0.289 e. The van der Waals surface area contributed by atoms with Crippen molar-refractivity contribution >= 4 is 40.7 Å². The highest BCUT2D eigenvalue weighted by molar-refractivity contribution is 6.32. The molecule has 2 bridgehead atoms. The monoisotopic (exact) mass is 401 g/mol. The average Bonchev–Trinajstić information content (AvgIpc) is 3.44. The zero-order chi connectivity index (χ0) is 19.7. The van der Waals surface area contributed by atoms with Crippen LogP contribution in [-0.4, -0.2) is 34.1 Å². The molecule has 9 heteroatoms. The molecule has 2 saturated carbocycles. The van der Waals surface area contributed by atoms with Crippen LogP contribution in [0.3, 0.4) is 0 Å². The van der Waals surface area contributed by atoms with Crippen LogP contribution in [-0.2, 0) is 14.4 Å². The van der Waals surface area contributed by atoms with Crippen LogP contribution < -0.4 is 5.32 Å². The van der Waals surface area contributed by atoms with Crippen LogP contribution in [0, 0.1) is 45.6 Å². The van der Waals surface area contributed by atoms with E-state index in [0.717, 1.165) is 17.4 Å². The van der Waals surface area contributed by atoms with E-state index in [1.165, 1.54) is 12.1 Å². The summed E-state index contributed by atoms with van der Waals surface area (Å²) in [7, 11) is 0. The van der Waals surface area contributed by atoms with Gasteiger partial charge in [0.15, 0.2) is 0 Å². The minimum atomic E-state index is -0.649. The Bertz CT molecular complexity index is 940. The lowest BCUT2D eigenvalue weighted by Crippen LogP contribution is -2.40. The third-order valence-corrected chi connectivity index (χ3v) is 6.80. The Morgan fingerprint density at radius 3 is 2.36 bits per heavy atom. The van der Waals surface area contributed by atoms with Gasteiger partial charge >= 0.3 is 0 Å². The number of benzene rings is 1. The van der Waals surface area contributed by atoms with E-state index < -0.39 is 17.4 Å². The normalized spacial score (nSPS) is 34.2. The van der Waals surface area contributed by atoms with Crippen LogP contribution in [0.25, 0.3) is 0 Å². The second-order valence-electron chi connectivity index (χ2n) is 7.89. The number of nitrogens with zero attached hydrogens (tertiary/aromatic N) is 2. The second kappa shape index (κ2) is 5.88. The number of imide groups is 1. The molecule has 28 heavy (non-hydrogen) atoms. The lowest BCUT2D eigenvalue weighted by molar-refractivity contribution is -0.384. The van der Waals surface area contributed by atoms with Crippen LogP contribution in [0.4, 0.5) is 11.4 Å². The summed E-state index contributed by atoms with van der Waals surface area (Å²) in [4.78, 5) is 49.5. The average molecular weight is 402 g/mol. The molecule has 6 atom stereocenters. The van der Waals surface area contributed by atoms with Gasteiger partial charge in [-0.05, 0) is 42.2 Å². The molecule has 6 rings (SSSR count). The van der Waals surface area contributed by atoms with Crippen molar-refractivity contribution < 1.29 is 19.3 Å². The highest BCUT2D eigenvalue weighted by atomic mass is 35.5. The third-order valence-electron chi connectivity index (χ3n) is 6.48. The molecule has 0 spiro atoms. The van der Waals surface area contributed by atoms with Gasteiger partial charge in [-0.25, -0.2) is 0 Å². The van der Waals surface area contributed by atoms with Crippen LogP contribution in [0.2, 0.25) is 5.02 Å². The maximum atomic E-state index is 12.9. The van der Waals surface area contributed by atoms with E-state index >= 15 is 0 Å². The molecule has 1 heterocycles. The lowest BCUT2D eigenvalue weighted by atomic mass is 9.63. The zero-order valence-electron chi connectivity index (χ0n) is 14.6.